The number of benzene rings is 3. The third kappa shape index (κ3) is 5.24. The maximum atomic E-state index is 13.5. The standard InChI is InChI=1S/C31H33NO5/c1-6-17-37-25-12-7-9-21(18-25)28(33)26-27(20-13-15-22(16-14-20)31(2,3)4)32(30(35)29(26)34)23-10-8-11-24(19-23)36-5/h7-16,18-19,27,33H,6,17H2,1-5H3/b28-26+. The highest BCUT2D eigenvalue weighted by Gasteiger charge is 2.47. The molecule has 1 saturated heterocycles. The molecule has 0 bridgehead atoms. The lowest BCUT2D eigenvalue weighted by atomic mass is 9.85. The fraction of sp³-hybridized carbons (Fsp3) is 0.290. The summed E-state index contributed by atoms with van der Waals surface area (Å²) in [5, 5.41) is 11.4. The molecule has 1 aliphatic heterocycles. The number of carbonyl (C=O) groups is 2. The van der Waals surface area contributed by atoms with Crippen LogP contribution in [0.2, 0.25) is 0 Å². The van der Waals surface area contributed by atoms with E-state index in [1.54, 1.807) is 55.6 Å². The number of methoxy groups -OCH3 is 1. The minimum atomic E-state index is -0.818. The summed E-state index contributed by atoms with van der Waals surface area (Å²) in [4.78, 5) is 28.3. The zero-order chi connectivity index (χ0) is 26.7. The van der Waals surface area contributed by atoms with Gasteiger partial charge in [0.15, 0.2) is 0 Å². The van der Waals surface area contributed by atoms with E-state index in [-0.39, 0.29) is 16.7 Å². The summed E-state index contributed by atoms with van der Waals surface area (Å²) >= 11 is 0. The van der Waals surface area contributed by atoms with Crippen molar-refractivity contribution in [2.45, 2.75) is 45.6 Å². The summed E-state index contributed by atoms with van der Waals surface area (Å²) in [5.41, 5.74) is 2.72. The van der Waals surface area contributed by atoms with Crippen LogP contribution in [0.3, 0.4) is 0 Å². The predicted octanol–water partition coefficient (Wildman–Crippen LogP) is 6.41. The zero-order valence-corrected chi connectivity index (χ0v) is 21.9. The van der Waals surface area contributed by atoms with E-state index in [0.717, 1.165) is 17.5 Å². The van der Waals surface area contributed by atoms with E-state index in [9.17, 15) is 14.7 Å². The van der Waals surface area contributed by atoms with Crippen molar-refractivity contribution in [2.24, 2.45) is 0 Å². The molecule has 3 aromatic rings. The van der Waals surface area contributed by atoms with Gasteiger partial charge in [-0.05, 0) is 47.2 Å². The first-order valence-corrected chi connectivity index (χ1v) is 12.4. The molecule has 0 aliphatic carbocycles. The SMILES string of the molecule is CCCOc1cccc(/C(O)=C2\C(=O)C(=O)N(c3cccc(OC)c3)C2c2ccc(C(C)(C)C)cc2)c1. The summed E-state index contributed by atoms with van der Waals surface area (Å²) in [7, 11) is 1.55. The summed E-state index contributed by atoms with van der Waals surface area (Å²) in [6.45, 7) is 8.91. The molecule has 4 rings (SSSR count). The van der Waals surface area contributed by atoms with Crippen LogP contribution in [0, 0.1) is 0 Å². The highest BCUT2D eigenvalue weighted by molar-refractivity contribution is 6.51. The molecule has 1 N–H and O–H groups in total. The highest BCUT2D eigenvalue weighted by atomic mass is 16.5. The van der Waals surface area contributed by atoms with Crippen LogP contribution in [0.25, 0.3) is 5.76 Å². The first kappa shape index (κ1) is 26.0. The van der Waals surface area contributed by atoms with E-state index < -0.39 is 17.7 Å². The number of rotatable bonds is 7. The predicted molar refractivity (Wildman–Crippen MR) is 145 cm³/mol. The largest absolute Gasteiger partial charge is 0.507 e. The van der Waals surface area contributed by atoms with Gasteiger partial charge in [0, 0.05) is 17.3 Å². The molecule has 6 heteroatoms. The van der Waals surface area contributed by atoms with Gasteiger partial charge in [-0.1, -0.05) is 70.2 Å². The van der Waals surface area contributed by atoms with Gasteiger partial charge in [0.05, 0.1) is 25.3 Å². The zero-order valence-electron chi connectivity index (χ0n) is 21.9. The van der Waals surface area contributed by atoms with Gasteiger partial charge >= 0.3 is 0 Å². The van der Waals surface area contributed by atoms with Gasteiger partial charge in [0.2, 0.25) is 0 Å². The summed E-state index contributed by atoms with van der Waals surface area (Å²) in [6, 6.07) is 20.9. The van der Waals surface area contributed by atoms with Crippen LogP contribution in [0.1, 0.15) is 56.8 Å². The Balaban J connectivity index is 1.89. The van der Waals surface area contributed by atoms with Gasteiger partial charge < -0.3 is 14.6 Å². The normalized spacial score (nSPS) is 17.2. The van der Waals surface area contributed by atoms with Crippen molar-refractivity contribution in [1.29, 1.82) is 0 Å². The number of carbonyl (C=O) groups excluding carboxylic acids is 2. The van der Waals surface area contributed by atoms with Crippen molar-refractivity contribution in [3.8, 4) is 11.5 Å². The molecule has 37 heavy (non-hydrogen) atoms. The molecule has 0 aromatic heterocycles. The van der Waals surface area contributed by atoms with E-state index in [1.165, 1.54) is 4.90 Å². The lowest BCUT2D eigenvalue weighted by Gasteiger charge is -2.27. The summed E-state index contributed by atoms with van der Waals surface area (Å²) < 4.78 is 11.1. The molecule has 1 heterocycles. The van der Waals surface area contributed by atoms with Crippen molar-refractivity contribution >= 4 is 23.1 Å². The number of ketones is 1. The molecule has 0 radical (unpaired) electrons. The Kier molecular flexibility index (Phi) is 7.39. The van der Waals surface area contributed by atoms with E-state index in [4.69, 9.17) is 9.47 Å². The molecule has 0 saturated carbocycles. The Labute approximate surface area is 218 Å². The number of anilines is 1. The second-order valence-corrected chi connectivity index (χ2v) is 10.1. The molecule has 1 aliphatic rings. The molecular weight excluding hydrogens is 466 g/mol. The van der Waals surface area contributed by atoms with Gasteiger partial charge in [0.25, 0.3) is 11.7 Å². The number of hydrogen-bond acceptors (Lipinski definition) is 5. The second-order valence-electron chi connectivity index (χ2n) is 10.1. The van der Waals surface area contributed by atoms with Crippen LogP contribution >= 0.6 is 0 Å². The molecule has 0 spiro atoms. The maximum absolute atomic E-state index is 13.5. The van der Waals surface area contributed by atoms with Crippen molar-refractivity contribution < 1.29 is 24.2 Å². The number of aliphatic hydroxyl groups excluding tert-OH is 1. The van der Waals surface area contributed by atoms with Crippen LogP contribution in [-0.4, -0.2) is 30.5 Å². The minimum absolute atomic E-state index is 0.0315. The highest BCUT2D eigenvalue weighted by Crippen LogP contribution is 2.43. The van der Waals surface area contributed by atoms with Crippen LogP contribution in [0.5, 0.6) is 11.5 Å². The molecular formula is C31H33NO5. The first-order chi connectivity index (χ1) is 17.7. The first-order valence-electron chi connectivity index (χ1n) is 12.4. The Bertz CT molecular complexity index is 1330. The number of aliphatic hydroxyl groups is 1. The lowest BCUT2D eigenvalue weighted by molar-refractivity contribution is -0.132. The second kappa shape index (κ2) is 10.5. The van der Waals surface area contributed by atoms with Crippen LogP contribution in [-0.2, 0) is 15.0 Å². The monoisotopic (exact) mass is 499 g/mol. The number of nitrogens with zero attached hydrogens (tertiary/aromatic N) is 1. The Morgan fingerprint density at radius 3 is 2.27 bits per heavy atom. The van der Waals surface area contributed by atoms with Crippen molar-refractivity contribution in [1.82, 2.24) is 0 Å². The smallest absolute Gasteiger partial charge is 0.300 e. The maximum Gasteiger partial charge on any atom is 0.300 e. The van der Waals surface area contributed by atoms with Gasteiger partial charge in [-0.2, -0.15) is 0 Å². The number of ether oxygens (including phenoxy) is 2. The molecule has 6 nitrogen and oxygen atoms in total. The quantitative estimate of drug-likeness (QED) is 0.231. The average Bonchev–Trinajstić information content (AvgIpc) is 3.17. The van der Waals surface area contributed by atoms with Gasteiger partial charge in [0.1, 0.15) is 17.3 Å². The molecule has 1 atom stereocenters. The molecule has 1 fully saturated rings. The van der Waals surface area contributed by atoms with Crippen LogP contribution in [0.15, 0.2) is 78.4 Å². The third-order valence-corrected chi connectivity index (χ3v) is 6.45. The summed E-state index contributed by atoms with van der Waals surface area (Å²) in [5.74, 6) is -0.556. The fourth-order valence-corrected chi connectivity index (χ4v) is 4.45. The third-order valence-electron chi connectivity index (χ3n) is 6.45. The fourth-order valence-electron chi connectivity index (χ4n) is 4.45. The molecule has 192 valence electrons. The summed E-state index contributed by atoms with van der Waals surface area (Å²) in [6.07, 6.45) is 0.840. The topological polar surface area (TPSA) is 76.1 Å². The average molecular weight is 500 g/mol. The van der Waals surface area contributed by atoms with Crippen LogP contribution < -0.4 is 14.4 Å². The van der Waals surface area contributed by atoms with Crippen LogP contribution in [0.4, 0.5) is 5.69 Å². The van der Waals surface area contributed by atoms with Gasteiger partial charge in [-0.3, -0.25) is 14.5 Å². The molecule has 1 unspecified atom stereocenters. The van der Waals surface area contributed by atoms with E-state index >= 15 is 0 Å². The van der Waals surface area contributed by atoms with Crippen molar-refractivity contribution in [3.63, 3.8) is 0 Å². The Morgan fingerprint density at radius 2 is 1.62 bits per heavy atom. The Hall–Kier alpha value is -4.06. The number of hydrogen-bond donors (Lipinski definition) is 1. The van der Waals surface area contributed by atoms with E-state index in [2.05, 4.69) is 20.8 Å². The van der Waals surface area contributed by atoms with Gasteiger partial charge in [-0.25, -0.2) is 0 Å². The van der Waals surface area contributed by atoms with Gasteiger partial charge in [-0.15, -0.1) is 0 Å². The number of amides is 1. The molecule has 1 amide bonds. The number of Topliss-reactive ketones (excluding diaryl/α,β-unsaturated/α-hetero) is 1. The lowest BCUT2D eigenvalue weighted by Crippen LogP contribution is -2.29. The van der Waals surface area contributed by atoms with Crippen molar-refractivity contribution in [3.05, 3.63) is 95.1 Å². The van der Waals surface area contributed by atoms with Crippen molar-refractivity contribution in [2.75, 3.05) is 18.6 Å². The molecule has 3 aromatic carbocycles. The Morgan fingerprint density at radius 1 is 0.946 bits per heavy atom. The van der Waals surface area contributed by atoms with E-state index in [0.29, 0.717) is 29.4 Å². The van der Waals surface area contributed by atoms with E-state index in [1.807, 2.05) is 31.2 Å². The minimum Gasteiger partial charge on any atom is -0.507 e.